The molecule has 3 nitrogen and oxygen atoms in total. The third kappa shape index (κ3) is 2.95. The average molecular weight is 334 g/mol. The highest BCUT2D eigenvalue weighted by Crippen LogP contribution is 2.31. The molecule has 0 amide bonds. The predicted molar refractivity (Wildman–Crippen MR) is 86.8 cm³/mol. The van der Waals surface area contributed by atoms with Crippen molar-refractivity contribution in [3.63, 3.8) is 0 Å². The van der Waals surface area contributed by atoms with Crippen molar-refractivity contribution in [1.82, 2.24) is 9.97 Å². The van der Waals surface area contributed by atoms with E-state index in [0.29, 0.717) is 6.04 Å². The van der Waals surface area contributed by atoms with E-state index in [1.807, 2.05) is 24.5 Å². The molecule has 1 saturated carbocycles. The quantitative estimate of drug-likeness (QED) is 0.870. The van der Waals surface area contributed by atoms with Gasteiger partial charge in [-0.05, 0) is 59.2 Å². The Hall–Kier alpha value is -1.16. The summed E-state index contributed by atoms with van der Waals surface area (Å²) in [7, 11) is 0. The molecule has 0 spiro atoms. The minimum atomic E-state index is 0.546. The molecule has 1 fully saturated rings. The minimum absolute atomic E-state index is 0.546. The van der Waals surface area contributed by atoms with Crippen LogP contribution in [0.2, 0.25) is 0 Å². The highest BCUT2D eigenvalue weighted by atomic mass is 79.9. The number of nitrogens with zero attached hydrogens (tertiary/aromatic N) is 2. The minimum Gasteiger partial charge on any atom is -0.380 e. The summed E-state index contributed by atoms with van der Waals surface area (Å²) in [4.78, 5) is 8.91. The van der Waals surface area contributed by atoms with Gasteiger partial charge in [0.2, 0.25) is 0 Å². The van der Waals surface area contributed by atoms with Crippen LogP contribution in [0.3, 0.4) is 0 Å². The maximum atomic E-state index is 4.51. The molecule has 3 rings (SSSR count). The van der Waals surface area contributed by atoms with Gasteiger partial charge in [0.25, 0.3) is 0 Å². The summed E-state index contributed by atoms with van der Waals surface area (Å²) >= 11 is 3.45. The summed E-state index contributed by atoms with van der Waals surface area (Å²) in [5, 5.41) is 3.69. The van der Waals surface area contributed by atoms with Gasteiger partial charge in [0, 0.05) is 22.9 Å². The van der Waals surface area contributed by atoms with Gasteiger partial charge in [0.15, 0.2) is 0 Å². The number of anilines is 1. The molecule has 0 aliphatic heterocycles. The Bertz CT molecular complexity index is 604. The molecular formula is C16H20BrN3. The lowest BCUT2D eigenvalue weighted by Gasteiger charge is -2.32. The maximum absolute atomic E-state index is 4.51. The number of halogens is 1. The van der Waals surface area contributed by atoms with Gasteiger partial charge in [-0.25, -0.2) is 0 Å². The molecule has 2 atom stereocenters. The second-order valence-electron chi connectivity index (χ2n) is 6.14. The number of aromatic nitrogens is 2. The topological polar surface area (TPSA) is 37.8 Å². The van der Waals surface area contributed by atoms with Crippen LogP contribution in [0.25, 0.3) is 11.0 Å². The maximum Gasteiger partial charge on any atom is 0.112 e. The average Bonchev–Trinajstić information content (AvgIpc) is 2.37. The number of fused-ring (bicyclic) bond motifs is 1. The number of hydrogen-bond donors (Lipinski definition) is 1. The van der Waals surface area contributed by atoms with Crippen molar-refractivity contribution < 1.29 is 0 Å². The molecule has 2 unspecified atom stereocenters. The van der Waals surface area contributed by atoms with E-state index in [9.17, 15) is 0 Å². The van der Waals surface area contributed by atoms with E-state index in [2.05, 4.69) is 45.1 Å². The standard InChI is InChI=1S/C16H20BrN3/c1-10-5-11(2)7-13(6-10)20-14-3-4-18-15-8-12(17)9-19-16(14)15/h3-4,8-11,13H,5-7H2,1-2H3,(H,18,20). The summed E-state index contributed by atoms with van der Waals surface area (Å²) < 4.78 is 0.967. The first-order chi connectivity index (χ1) is 9.61. The van der Waals surface area contributed by atoms with Crippen molar-refractivity contribution in [2.45, 2.75) is 39.2 Å². The number of hydrogen-bond acceptors (Lipinski definition) is 3. The van der Waals surface area contributed by atoms with Crippen LogP contribution >= 0.6 is 15.9 Å². The van der Waals surface area contributed by atoms with Gasteiger partial charge in [-0.15, -0.1) is 0 Å². The van der Waals surface area contributed by atoms with Gasteiger partial charge in [0.05, 0.1) is 11.2 Å². The van der Waals surface area contributed by atoms with E-state index in [4.69, 9.17) is 0 Å². The Balaban J connectivity index is 1.87. The summed E-state index contributed by atoms with van der Waals surface area (Å²) in [5.74, 6) is 1.60. The normalized spacial score (nSPS) is 26.6. The fourth-order valence-corrected chi connectivity index (χ4v) is 3.73. The molecule has 20 heavy (non-hydrogen) atoms. The third-order valence-corrected chi connectivity index (χ3v) is 4.52. The van der Waals surface area contributed by atoms with Crippen LogP contribution in [0.1, 0.15) is 33.1 Å². The molecule has 0 saturated heterocycles. The molecule has 1 aliphatic rings. The third-order valence-electron chi connectivity index (χ3n) is 4.08. The molecule has 2 aromatic rings. The first-order valence-electron chi connectivity index (χ1n) is 7.28. The van der Waals surface area contributed by atoms with E-state index >= 15 is 0 Å². The van der Waals surface area contributed by atoms with Crippen molar-refractivity contribution in [3.05, 3.63) is 29.0 Å². The summed E-state index contributed by atoms with van der Waals surface area (Å²) in [6.07, 6.45) is 7.52. The first kappa shape index (κ1) is 13.8. The van der Waals surface area contributed by atoms with Crippen molar-refractivity contribution in [2.24, 2.45) is 11.8 Å². The van der Waals surface area contributed by atoms with Crippen LogP contribution in [0, 0.1) is 11.8 Å². The van der Waals surface area contributed by atoms with Crippen LogP contribution < -0.4 is 5.32 Å². The Labute approximate surface area is 128 Å². The van der Waals surface area contributed by atoms with Gasteiger partial charge in [0.1, 0.15) is 5.52 Å². The number of nitrogens with one attached hydrogen (secondary N) is 1. The molecule has 2 heterocycles. The summed E-state index contributed by atoms with van der Waals surface area (Å²) in [6.45, 7) is 4.70. The van der Waals surface area contributed by atoms with E-state index in [1.54, 1.807) is 0 Å². The van der Waals surface area contributed by atoms with Gasteiger partial charge in [-0.1, -0.05) is 13.8 Å². The van der Waals surface area contributed by atoms with E-state index in [-0.39, 0.29) is 0 Å². The van der Waals surface area contributed by atoms with Gasteiger partial charge in [-0.3, -0.25) is 9.97 Å². The molecule has 0 aromatic carbocycles. The zero-order valence-electron chi connectivity index (χ0n) is 11.9. The van der Waals surface area contributed by atoms with E-state index in [1.165, 1.54) is 19.3 Å². The van der Waals surface area contributed by atoms with Crippen LogP contribution in [0.5, 0.6) is 0 Å². The molecular weight excluding hydrogens is 314 g/mol. The first-order valence-corrected chi connectivity index (χ1v) is 8.08. The Morgan fingerprint density at radius 2 is 1.90 bits per heavy atom. The van der Waals surface area contributed by atoms with Gasteiger partial charge in [-0.2, -0.15) is 0 Å². The second kappa shape index (κ2) is 5.68. The van der Waals surface area contributed by atoms with Crippen molar-refractivity contribution in [2.75, 3.05) is 5.32 Å². The van der Waals surface area contributed by atoms with Gasteiger partial charge < -0.3 is 5.32 Å². The monoisotopic (exact) mass is 333 g/mol. The van der Waals surface area contributed by atoms with Crippen LogP contribution in [0.4, 0.5) is 5.69 Å². The largest absolute Gasteiger partial charge is 0.380 e. The molecule has 0 radical (unpaired) electrons. The van der Waals surface area contributed by atoms with E-state index in [0.717, 1.165) is 33.0 Å². The van der Waals surface area contributed by atoms with Crippen molar-refractivity contribution >= 4 is 32.7 Å². The van der Waals surface area contributed by atoms with Crippen molar-refractivity contribution in [1.29, 1.82) is 0 Å². The Morgan fingerprint density at radius 1 is 1.15 bits per heavy atom. The van der Waals surface area contributed by atoms with Crippen molar-refractivity contribution in [3.8, 4) is 0 Å². The lowest BCUT2D eigenvalue weighted by molar-refractivity contribution is 0.281. The number of rotatable bonds is 2. The predicted octanol–water partition coefficient (Wildman–Crippen LogP) is 4.63. The molecule has 1 aliphatic carbocycles. The summed E-state index contributed by atoms with van der Waals surface area (Å²) in [5.41, 5.74) is 3.00. The molecule has 2 aromatic heterocycles. The highest BCUT2D eigenvalue weighted by molar-refractivity contribution is 9.10. The smallest absolute Gasteiger partial charge is 0.112 e. The van der Waals surface area contributed by atoms with Crippen LogP contribution in [-0.2, 0) is 0 Å². The molecule has 106 valence electrons. The SMILES string of the molecule is CC1CC(C)CC(Nc2ccnc3cc(Br)cnc23)C1. The zero-order valence-corrected chi connectivity index (χ0v) is 13.5. The van der Waals surface area contributed by atoms with Crippen LogP contribution in [-0.4, -0.2) is 16.0 Å². The lowest BCUT2D eigenvalue weighted by atomic mass is 9.80. The van der Waals surface area contributed by atoms with Crippen LogP contribution in [0.15, 0.2) is 29.0 Å². The van der Waals surface area contributed by atoms with E-state index < -0.39 is 0 Å². The number of pyridine rings is 2. The summed E-state index contributed by atoms with van der Waals surface area (Å²) in [6, 6.07) is 4.59. The molecule has 1 N–H and O–H groups in total. The highest BCUT2D eigenvalue weighted by Gasteiger charge is 2.24. The molecule has 0 bridgehead atoms. The lowest BCUT2D eigenvalue weighted by Crippen LogP contribution is -2.30. The zero-order chi connectivity index (χ0) is 14.1. The fraction of sp³-hybridized carbons (Fsp3) is 0.500. The molecule has 4 heteroatoms. The Kier molecular flexibility index (Phi) is 3.92. The fourth-order valence-electron chi connectivity index (χ4n) is 3.41. The Morgan fingerprint density at radius 3 is 2.65 bits per heavy atom. The second-order valence-corrected chi connectivity index (χ2v) is 7.05. The van der Waals surface area contributed by atoms with Gasteiger partial charge >= 0.3 is 0 Å².